The molecule has 5 heteroatoms. The Kier molecular flexibility index (Phi) is 5.29. The number of carbonyl (C=O) groups is 1. The van der Waals surface area contributed by atoms with Crippen LogP contribution in [0.4, 0.5) is 0 Å². The summed E-state index contributed by atoms with van der Waals surface area (Å²) in [4.78, 5) is 15.8. The van der Waals surface area contributed by atoms with Crippen LogP contribution in [0.2, 0.25) is 0 Å². The lowest BCUT2D eigenvalue weighted by molar-refractivity contribution is 0.0939. The van der Waals surface area contributed by atoms with E-state index in [0.29, 0.717) is 11.3 Å². The zero-order valence-corrected chi connectivity index (χ0v) is 12.8. The molecule has 0 atom stereocenters. The van der Waals surface area contributed by atoms with Crippen LogP contribution in [-0.4, -0.2) is 10.9 Å². The highest BCUT2D eigenvalue weighted by atomic mass is 79.9. The van der Waals surface area contributed by atoms with E-state index >= 15 is 0 Å². The molecule has 2 aromatic rings. The number of amides is 1. The number of hydrazine groups is 1. The number of nitrogens with one attached hydrogen (secondary N) is 2. The number of hydrogen-bond donors (Lipinski definition) is 2. The fraction of sp³-hybridized carbons (Fsp3) is 0. The Morgan fingerprint density at radius 1 is 1.19 bits per heavy atom. The molecule has 2 N–H and O–H groups in total. The second-order valence-corrected chi connectivity index (χ2v) is 5.16. The first-order valence-corrected chi connectivity index (χ1v) is 7.03. The van der Waals surface area contributed by atoms with Gasteiger partial charge in [-0.3, -0.25) is 20.6 Å². The third-order valence-corrected chi connectivity index (χ3v) is 3.01. The van der Waals surface area contributed by atoms with Gasteiger partial charge in [-0.1, -0.05) is 43.0 Å². The van der Waals surface area contributed by atoms with Gasteiger partial charge in [0.25, 0.3) is 5.91 Å². The first-order chi connectivity index (χ1) is 10.1. The van der Waals surface area contributed by atoms with Crippen molar-refractivity contribution in [2.75, 3.05) is 0 Å². The van der Waals surface area contributed by atoms with Crippen molar-refractivity contribution in [2.24, 2.45) is 0 Å². The number of pyridine rings is 1. The summed E-state index contributed by atoms with van der Waals surface area (Å²) in [6.45, 7) is 3.82. The average molecular weight is 344 g/mol. The van der Waals surface area contributed by atoms with Gasteiger partial charge in [0.1, 0.15) is 0 Å². The van der Waals surface area contributed by atoms with Crippen LogP contribution in [0.3, 0.4) is 0 Å². The smallest absolute Gasteiger partial charge is 0.271 e. The van der Waals surface area contributed by atoms with E-state index in [9.17, 15) is 4.79 Å². The normalized spacial score (nSPS) is 10.3. The molecule has 106 valence electrons. The predicted octanol–water partition coefficient (Wildman–Crippen LogP) is 3.31. The van der Waals surface area contributed by atoms with Crippen molar-refractivity contribution in [2.45, 2.75) is 0 Å². The highest BCUT2D eigenvalue weighted by Gasteiger charge is 2.05. The molecule has 21 heavy (non-hydrogen) atoms. The minimum atomic E-state index is -0.280. The van der Waals surface area contributed by atoms with Crippen molar-refractivity contribution in [3.05, 3.63) is 82.7 Å². The standard InChI is InChI=1S/C16H14BrN3O/c1-12(7-8-13-5-3-2-4-6-13)19-20-16(21)14-9-15(17)11-18-10-14/h2-11,19H,1H2,(H,20,21). The molecule has 0 aliphatic rings. The van der Waals surface area contributed by atoms with E-state index in [1.165, 1.54) is 6.20 Å². The molecule has 1 amide bonds. The number of nitrogens with zero attached hydrogens (tertiary/aromatic N) is 1. The van der Waals surface area contributed by atoms with Crippen molar-refractivity contribution in [3.63, 3.8) is 0 Å². The number of allylic oxidation sites excluding steroid dienone is 1. The molecule has 4 nitrogen and oxygen atoms in total. The largest absolute Gasteiger partial charge is 0.299 e. The maximum Gasteiger partial charge on any atom is 0.271 e. The zero-order chi connectivity index (χ0) is 15.1. The van der Waals surface area contributed by atoms with Crippen molar-refractivity contribution in [1.82, 2.24) is 15.8 Å². The van der Waals surface area contributed by atoms with Gasteiger partial charge < -0.3 is 0 Å². The molecule has 0 bridgehead atoms. The van der Waals surface area contributed by atoms with E-state index in [0.717, 1.165) is 10.0 Å². The van der Waals surface area contributed by atoms with Gasteiger partial charge in [0.15, 0.2) is 0 Å². The Morgan fingerprint density at radius 2 is 1.95 bits per heavy atom. The van der Waals surface area contributed by atoms with E-state index in [-0.39, 0.29) is 5.91 Å². The first-order valence-electron chi connectivity index (χ1n) is 6.24. The van der Waals surface area contributed by atoms with Crippen molar-refractivity contribution >= 4 is 27.9 Å². The van der Waals surface area contributed by atoms with Gasteiger partial charge in [0.2, 0.25) is 0 Å². The molecule has 0 saturated carbocycles. The van der Waals surface area contributed by atoms with E-state index < -0.39 is 0 Å². The van der Waals surface area contributed by atoms with Gasteiger partial charge in [-0.15, -0.1) is 0 Å². The van der Waals surface area contributed by atoms with E-state index in [4.69, 9.17) is 0 Å². The van der Waals surface area contributed by atoms with Crippen LogP contribution in [0.5, 0.6) is 0 Å². The quantitative estimate of drug-likeness (QED) is 0.646. The monoisotopic (exact) mass is 343 g/mol. The topological polar surface area (TPSA) is 54.0 Å². The van der Waals surface area contributed by atoms with Crippen LogP contribution >= 0.6 is 15.9 Å². The van der Waals surface area contributed by atoms with Crippen LogP contribution < -0.4 is 10.9 Å². The summed E-state index contributed by atoms with van der Waals surface area (Å²) in [7, 11) is 0. The number of halogens is 1. The molecule has 0 fully saturated rings. The van der Waals surface area contributed by atoms with Crippen molar-refractivity contribution < 1.29 is 4.79 Å². The van der Waals surface area contributed by atoms with Gasteiger partial charge in [0.05, 0.1) is 5.56 Å². The third kappa shape index (κ3) is 4.89. The zero-order valence-electron chi connectivity index (χ0n) is 11.2. The number of benzene rings is 1. The summed E-state index contributed by atoms with van der Waals surface area (Å²) >= 11 is 3.27. The minimum absolute atomic E-state index is 0.280. The molecule has 0 radical (unpaired) electrons. The summed E-state index contributed by atoms with van der Waals surface area (Å²) < 4.78 is 0.748. The molecule has 1 aromatic carbocycles. The summed E-state index contributed by atoms with van der Waals surface area (Å²) in [5.74, 6) is -0.280. The van der Waals surface area contributed by atoms with Gasteiger partial charge >= 0.3 is 0 Å². The maximum absolute atomic E-state index is 11.9. The number of carbonyl (C=O) groups excluding carboxylic acids is 1. The van der Waals surface area contributed by atoms with E-state index in [1.54, 1.807) is 18.3 Å². The average Bonchev–Trinajstić information content (AvgIpc) is 2.51. The Hall–Kier alpha value is -2.40. The van der Waals surface area contributed by atoms with Gasteiger partial charge in [-0.25, -0.2) is 0 Å². The van der Waals surface area contributed by atoms with Gasteiger partial charge in [-0.2, -0.15) is 0 Å². The van der Waals surface area contributed by atoms with Crippen molar-refractivity contribution in [3.8, 4) is 0 Å². The number of aromatic nitrogens is 1. The molecular weight excluding hydrogens is 330 g/mol. The molecule has 0 spiro atoms. The maximum atomic E-state index is 11.9. The molecule has 0 aliphatic carbocycles. The lowest BCUT2D eigenvalue weighted by Gasteiger charge is -2.08. The van der Waals surface area contributed by atoms with Crippen LogP contribution in [0.25, 0.3) is 6.08 Å². The first kappa shape index (κ1) is 15.0. The summed E-state index contributed by atoms with van der Waals surface area (Å²) in [5, 5.41) is 0. The van der Waals surface area contributed by atoms with Crippen LogP contribution in [0, 0.1) is 0 Å². The Bertz CT molecular complexity index is 668. The molecule has 1 aromatic heterocycles. The fourth-order valence-corrected chi connectivity index (χ4v) is 1.91. The van der Waals surface area contributed by atoms with Crippen LogP contribution in [0.15, 0.2) is 71.6 Å². The van der Waals surface area contributed by atoms with E-state index in [2.05, 4.69) is 38.3 Å². The van der Waals surface area contributed by atoms with Crippen LogP contribution in [-0.2, 0) is 0 Å². The number of hydrogen-bond acceptors (Lipinski definition) is 3. The molecule has 1 heterocycles. The molecular formula is C16H14BrN3O. The summed E-state index contributed by atoms with van der Waals surface area (Å²) in [5.41, 5.74) is 7.40. The lowest BCUT2D eigenvalue weighted by Crippen LogP contribution is -2.36. The Labute approximate surface area is 131 Å². The second kappa shape index (κ2) is 7.40. The minimum Gasteiger partial charge on any atom is -0.299 e. The molecule has 2 rings (SSSR count). The summed E-state index contributed by atoms with van der Waals surface area (Å²) in [6.07, 6.45) is 6.80. The highest BCUT2D eigenvalue weighted by Crippen LogP contribution is 2.09. The fourth-order valence-electron chi connectivity index (χ4n) is 1.55. The Balaban J connectivity index is 1.87. The van der Waals surface area contributed by atoms with Gasteiger partial charge in [-0.05, 0) is 33.6 Å². The number of rotatable bonds is 5. The third-order valence-electron chi connectivity index (χ3n) is 2.58. The summed E-state index contributed by atoms with van der Waals surface area (Å²) in [6, 6.07) is 11.5. The molecule has 0 saturated heterocycles. The second-order valence-electron chi connectivity index (χ2n) is 4.24. The Morgan fingerprint density at radius 3 is 2.67 bits per heavy atom. The predicted molar refractivity (Wildman–Crippen MR) is 87.2 cm³/mol. The van der Waals surface area contributed by atoms with Crippen LogP contribution in [0.1, 0.15) is 15.9 Å². The van der Waals surface area contributed by atoms with Gasteiger partial charge in [0, 0.05) is 22.6 Å². The molecule has 0 aliphatic heterocycles. The highest BCUT2D eigenvalue weighted by molar-refractivity contribution is 9.10. The van der Waals surface area contributed by atoms with Crippen molar-refractivity contribution in [1.29, 1.82) is 0 Å². The molecule has 0 unspecified atom stereocenters. The SMILES string of the molecule is C=C(C=Cc1ccccc1)NNC(=O)c1cncc(Br)c1. The van der Waals surface area contributed by atoms with E-state index in [1.807, 2.05) is 36.4 Å². The lowest BCUT2D eigenvalue weighted by atomic mass is 10.2.